The summed E-state index contributed by atoms with van der Waals surface area (Å²) in [6.45, 7) is 5.55. The zero-order valence-corrected chi connectivity index (χ0v) is 21.7. The number of allylic oxidation sites excluding steroid dienone is 3. The number of hydrogen-bond donors (Lipinski definition) is 0. The third kappa shape index (κ3) is 3.96. The summed E-state index contributed by atoms with van der Waals surface area (Å²) < 4.78 is 4.83. The maximum Gasteiger partial charge on any atom is 0.262 e. The summed E-state index contributed by atoms with van der Waals surface area (Å²) in [5, 5.41) is 1.28. The Balaban J connectivity index is 1.57. The lowest BCUT2D eigenvalue weighted by molar-refractivity contribution is -0.665. The van der Waals surface area contributed by atoms with Crippen LogP contribution in [0.2, 0.25) is 0 Å². The van der Waals surface area contributed by atoms with E-state index in [0.717, 1.165) is 17.4 Å². The molecule has 4 aromatic rings. The van der Waals surface area contributed by atoms with Crippen molar-refractivity contribution in [2.24, 2.45) is 0 Å². The summed E-state index contributed by atoms with van der Waals surface area (Å²) in [4.78, 5) is 2.35. The van der Waals surface area contributed by atoms with Crippen molar-refractivity contribution in [3.8, 4) is 0 Å². The Hall–Kier alpha value is -2.69. The summed E-state index contributed by atoms with van der Waals surface area (Å²) in [5.74, 6) is 0. The van der Waals surface area contributed by atoms with Crippen LogP contribution in [0.25, 0.3) is 16.3 Å². The average molecular weight is 517 g/mol. The minimum Gasteiger partial charge on any atom is -0.347 e. The Morgan fingerprint density at radius 3 is 2.58 bits per heavy atom. The van der Waals surface area contributed by atoms with Crippen molar-refractivity contribution in [1.29, 1.82) is 0 Å². The van der Waals surface area contributed by atoms with E-state index in [4.69, 9.17) is 0 Å². The fourth-order valence-electron chi connectivity index (χ4n) is 5.10. The molecule has 1 atom stereocenters. The molecule has 5 rings (SSSR count). The molecule has 1 aliphatic heterocycles. The lowest BCUT2D eigenvalue weighted by Crippen LogP contribution is -2.33. The van der Waals surface area contributed by atoms with Gasteiger partial charge in [-0.1, -0.05) is 81.9 Å². The van der Waals surface area contributed by atoms with Crippen molar-refractivity contribution in [1.82, 2.24) is 0 Å². The maximum absolute atomic E-state index is 3.67. The van der Waals surface area contributed by atoms with Crippen LogP contribution >= 0.6 is 27.3 Å². The summed E-state index contributed by atoms with van der Waals surface area (Å²) in [5.41, 5.74) is 6.53. The second-order valence-electron chi connectivity index (χ2n) is 8.78. The third-order valence-corrected chi connectivity index (χ3v) is 8.31. The predicted octanol–water partition coefficient (Wildman–Crippen LogP) is 7.52. The van der Waals surface area contributed by atoms with E-state index < -0.39 is 0 Å². The highest BCUT2D eigenvalue weighted by molar-refractivity contribution is 9.10. The molecular formula is C29H28BrN2S+. The van der Waals surface area contributed by atoms with Crippen LogP contribution in [0.1, 0.15) is 30.0 Å². The molecule has 4 heteroatoms. The first-order valence-corrected chi connectivity index (χ1v) is 13.0. The van der Waals surface area contributed by atoms with Gasteiger partial charge in [0.1, 0.15) is 11.2 Å². The number of aryl methyl sites for hydroxylation is 1. The van der Waals surface area contributed by atoms with Gasteiger partial charge in [0.05, 0.1) is 0 Å². The Morgan fingerprint density at radius 1 is 1.03 bits per heavy atom. The Kier molecular flexibility index (Phi) is 5.98. The molecule has 1 aromatic heterocycles. The van der Waals surface area contributed by atoms with Gasteiger partial charge in [0.15, 0.2) is 0 Å². The van der Waals surface area contributed by atoms with E-state index in [1.165, 1.54) is 37.7 Å². The first-order valence-electron chi connectivity index (χ1n) is 11.4. The van der Waals surface area contributed by atoms with Crippen LogP contribution in [-0.2, 0) is 18.4 Å². The predicted molar refractivity (Wildman–Crippen MR) is 145 cm³/mol. The van der Waals surface area contributed by atoms with Gasteiger partial charge in [0.2, 0.25) is 5.52 Å². The van der Waals surface area contributed by atoms with E-state index >= 15 is 0 Å². The van der Waals surface area contributed by atoms with Crippen molar-refractivity contribution >= 4 is 49.2 Å². The van der Waals surface area contributed by atoms with Gasteiger partial charge < -0.3 is 4.90 Å². The highest BCUT2D eigenvalue weighted by Gasteiger charge is 2.42. The molecule has 166 valence electrons. The van der Waals surface area contributed by atoms with Crippen molar-refractivity contribution < 1.29 is 4.57 Å². The molecule has 0 amide bonds. The third-order valence-electron chi connectivity index (χ3n) is 6.69. The second kappa shape index (κ2) is 8.92. The summed E-state index contributed by atoms with van der Waals surface area (Å²) in [6.07, 6.45) is 7.76. The lowest BCUT2D eigenvalue weighted by atomic mass is 9.76. The van der Waals surface area contributed by atoms with Crippen molar-refractivity contribution in [2.75, 3.05) is 11.9 Å². The number of rotatable bonds is 5. The second-order valence-corrected chi connectivity index (χ2v) is 10.8. The van der Waals surface area contributed by atoms with Gasteiger partial charge in [-0.15, -0.1) is 0 Å². The first-order chi connectivity index (χ1) is 16.0. The number of aromatic nitrogens is 1. The first kappa shape index (κ1) is 22.1. The molecule has 3 aromatic carbocycles. The van der Waals surface area contributed by atoms with E-state index in [-0.39, 0.29) is 5.41 Å². The van der Waals surface area contributed by atoms with Crippen LogP contribution < -0.4 is 9.47 Å². The zero-order chi connectivity index (χ0) is 23.0. The number of benzene rings is 3. The number of hydrogen-bond acceptors (Lipinski definition) is 2. The smallest absolute Gasteiger partial charge is 0.262 e. The molecule has 0 saturated carbocycles. The van der Waals surface area contributed by atoms with Crippen molar-refractivity contribution in [3.05, 3.63) is 111 Å². The van der Waals surface area contributed by atoms with Crippen LogP contribution in [0, 0.1) is 0 Å². The number of thiazole rings is 1. The highest BCUT2D eigenvalue weighted by atomic mass is 79.9. The minimum atomic E-state index is -0.0998. The fourth-order valence-corrected chi connectivity index (χ4v) is 6.59. The summed E-state index contributed by atoms with van der Waals surface area (Å²) in [6, 6.07) is 26.2. The Morgan fingerprint density at radius 2 is 1.79 bits per heavy atom. The molecule has 33 heavy (non-hydrogen) atoms. The van der Waals surface area contributed by atoms with Gasteiger partial charge in [0.25, 0.3) is 5.01 Å². The molecule has 0 aliphatic carbocycles. The molecule has 0 fully saturated rings. The maximum atomic E-state index is 3.67. The minimum absolute atomic E-state index is 0.0998. The number of anilines is 1. The Labute approximate surface area is 208 Å². The molecule has 1 unspecified atom stereocenters. The number of halogens is 1. The molecule has 0 saturated heterocycles. The van der Waals surface area contributed by atoms with Crippen LogP contribution in [0.15, 0.2) is 95.1 Å². The molecule has 0 spiro atoms. The normalized spacial score (nSPS) is 19.2. The summed E-state index contributed by atoms with van der Waals surface area (Å²) >= 11 is 5.52. The van der Waals surface area contributed by atoms with Gasteiger partial charge in [-0.3, -0.25) is 0 Å². The van der Waals surface area contributed by atoms with Crippen LogP contribution in [0.4, 0.5) is 5.69 Å². The quantitative estimate of drug-likeness (QED) is 0.249. The highest BCUT2D eigenvalue weighted by Crippen LogP contribution is 2.49. The van der Waals surface area contributed by atoms with Crippen LogP contribution in [0.5, 0.6) is 0 Å². The molecule has 0 N–H and O–H groups in total. The zero-order valence-electron chi connectivity index (χ0n) is 19.3. The monoisotopic (exact) mass is 515 g/mol. The van der Waals surface area contributed by atoms with Gasteiger partial charge >= 0.3 is 0 Å². The van der Waals surface area contributed by atoms with E-state index in [0.29, 0.717) is 0 Å². The topological polar surface area (TPSA) is 7.12 Å². The fraction of sp³-hybridized carbons (Fsp3) is 0.207. The molecule has 0 bridgehead atoms. The van der Waals surface area contributed by atoms with E-state index in [1.807, 2.05) is 11.3 Å². The number of para-hydroxylation sites is 1. The average Bonchev–Trinajstić information content (AvgIpc) is 3.27. The van der Waals surface area contributed by atoms with Crippen LogP contribution in [0.3, 0.4) is 0 Å². The standard InChI is InChI=1S/C29H28BrN2S/c1-4-32-24-13-8-9-14-26(24)33-28(32)16-10-15-27-29(2,20-21-11-6-5-7-12-21)23-18-17-22(30)19-25(23)31(27)3/h5-19H,4,20H2,1-3H3/q+1. The number of fused-ring (bicyclic) bond motifs is 2. The van der Waals surface area contributed by atoms with Crippen molar-refractivity contribution in [2.45, 2.75) is 32.2 Å². The molecule has 2 heterocycles. The van der Waals surface area contributed by atoms with E-state index in [2.05, 4.69) is 137 Å². The van der Waals surface area contributed by atoms with Crippen molar-refractivity contribution in [3.63, 3.8) is 0 Å². The van der Waals surface area contributed by atoms with Gasteiger partial charge in [-0.2, -0.15) is 4.57 Å². The lowest BCUT2D eigenvalue weighted by Gasteiger charge is -2.29. The van der Waals surface area contributed by atoms with E-state index in [9.17, 15) is 0 Å². The van der Waals surface area contributed by atoms with Gasteiger partial charge in [-0.05, 0) is 55.7 Å². The molecule has 0 radical (unpaired) electrons. The summed E-state index contributed by atoms with van der Waals surface area (Å²) in [7, 11) is 2.19. The number of nitrogens with zero attached hydrogens (tertiary/aromatic N) is 2. The molecule has 1 aliphatic rings. The molecule has 2 nitrogen and oxygen atoms in total. The van der Waals surface area contributed by atoms with Gasteiger partial charge in [-0.25, -0.2) is 0 Å². The van der Waals surface area contributed by atoms with Gasteiger partial charge in [0, 0.05) is 40.5 Å². The van der Waals surface area contributed by atoms with E-state index in [1.54, 1.807) is 0 Å². The Bertz CT molecular complexity index is 1370. The number of likely N-dealkylation sites (N-methyl/N-ethyl adjacent to an activating group) is 1. The largest absolute Gasteiger partial charge is 0.347 e. The van der Waals surface area contributed by atoms with Crippen LogP contribution in [-0.4, -0.2) is 7.05 Å². The molecular weight excluding hydrogens is 488 g/mol. The SMILES string of the molecule is CC[n+]1c(C=CC=C2N(C)c3cc(Br)ccc3C2(C)Cc2ccccc2)sc2ccccc21.